The van der Waals surface area contributed by atoms with Gasteiger partial charge in [-0.15, -0.1) is 0 Å². The second-order valence-corrected chi connectivity index (χ2v) is 7.49. The van der Waals surface area contributed by atoms with Crippen LogP contribution in [-0.4, -0.2) is 35.8 Å². The zero-order chi connectivity index (χ0) is 17.6. The van der Waals surface area contributed by atoms with Crippen LogP contribution in [0.25, 0.3) is 0 Å². The Hall–Kier alpha value is -1.49. The van der Waals surface area contributed by atoms with Gasteiger partial charge >= 0.3 is 6.09 Å². The molecule has 1 aromatic heterocycles. The van der Waals surface area contributed by atoms with Crippen LogP contribution in [0.5, 0.6) is 0 Å². The lowest BCUT2D eigenvalue weighted by atomic mass is 9.98. The van der Waals surface area contributed by atoms with E-state index >= 15 is 0 Å². The molecule has 0 bridgehead atoms. The summed E-state index contributed by atoms with van der Waals surface area (Å²) in [7, 11) is 0. The van der Waals surface area contributed by atoms with Crippen LogP contribution in [0.3, 0.4) is 0 Å². The lowest BCUT2D eigenvalue weighted by Gasteiger charge is -2.36. The maximum Gasteiger partial charge on any atom is 0.410 e. The van der Waals surface area contributed by atoms with E-state index in [0.717, 1.165) is 38.0 Å². The summed E-state index contributed by atoms with van der Waals surface area (Å²) >= 11 is 0. The first kappa shape index (κ1) is 18.8. The van der Waals surface area contributed by atoms with E-state index < -0.39 is 5.60 Å². The van der Waals surface area contributed by atoms with Crippen LogP contribution >= 0.6 is 0 Å². The molecule has 0 aliphatic carbocycles. The molecule has 0 unspecified atom stereocenters. The van der Waals surface area contributed by atoms with E-state index in [1.54, 1.807) is 6.26 Å². The van der Waals surface area contributed by atoms with Gasteiger partial charge in [-0.1, -0.05) is 0 Å². The Morgan fingerprint density at radius 3 is 2.88 bits per heavy atom. The lowest BCUT2D eigenvalue weighted by molar-refractivity contribution is 0.00521. The zero-order valence-corrected chi connectivity index (χ0v) is 15.4. The van der Waals surface area contributed by atoms with Gasteiger partial charge in [0, 0.05) is 19.2 Å². The highest BCUT2D eigenvalue weighted by atomic mass is 16.6. The number of carbonyl (C=O) groups is 1. The number of furan rings is 1. The highest BCUT2D eigenvalue weighted by Crippen LogP contribution is 2.24. The smallest absolute Gasteiger partial charge is 0.410 e. The van der Waals surface area contributed by atoms with Crippen LogP contribution in [0.1, 0.15) is 71.7 Å². The molecule has 2 rings (SSSR count). The fourth-order valence-electron chi connectivity index (χ4n) is 3.05. The summed E-state index contributed by atoms with van der Waals surface area (Å²) in [5, 5.41) is 0. The summed E-state index contributed by atoms with van der Waals surface area (Å²) in [5.74, 6) is 0.850. The fourth-order valence-corrected chi connectivity index (χ4v) is 3.05. The molecule has 1 aliphatic rings. The van der Waals surface area contributed by atoms with Crippen LogP contribution in [0, 0.1) is 0 Å². The van der Waals surface area contributed by atoms with E-state index in [1.807, 2.05) is 44.7 Å². The third kappa shape index (κ3) is 5.86. The molecule has 1 amide bonds. The standard InChI is InChI=1S/C19H31NO4/c1-15(17-11-8-14-23-17)22-13-7-10-16-9-5-6-12-20(16)18(21)24-19(2,3)4/h8,11,14-16H,5-7,9-10,12-13H2,1-4H3/t15-,16-/m0/s1. The molecule has 1 aliphatic heterocycles. The second-order valence-electron chi connectivity index (χ2n) is 7.49. The van der Waals surface area contributed by atoms with Crippen LogP contribution in [0.2, 0.25) is 0 Å². The topological polar surface area (TPSA) is 51.9 Å². The summed E-state index contributed by atoms with van der Waals surface area (Å²) < 4.78 is 16.7. The summed E-state index contributed by atoms with van der Waals surface area (Å²) in [6.45, 7) is 9.19. The van der Waals surface area contributed by atoms with E-state index in [-0.39, 0.29) is 18.2 Å². The molecule has 1 aromatic rings. The third-order valence-electron chi connectivity index (χ3n) is 4.25. The zero-order valence-electron chi connectivity index (χ0n) is 15.4. The first-order valence-electron chi connectivity index (χ1n) is 9.01. The average Bonchev–Trinajstić information content (AvgIpc) is 3.04. The average molecular weight is 337 g/mol. The van der Waals surface area contributed by atoms with Gasteiger partial charge in [-0.05, 0) is 71.9 Å². The van der Waals surface area contributed by atoms with Crippen molar-refractivity contribution < 1.29 is 18.7 Å². The maximum atomic E-state index is 12.4. The summed E-state index contributed by atoms with van der Waals surface area (Å²) in [5.41, 5.74) is -0.444. The normalized spacial score (nSPS) is 20.0. The number of likely N-dealkylation sites (tertiary alicyclic amines) is 1. The third-order valence-corrected chi connectivity index (χ3v) is 4.25. The quantitative estimate of drug-likeness (QED) is 0.691. The molecule has 2 atom stereocenters. The van der Waals surface area contributed by atoms with Gasteiger partial charge < -0.3 is 18.8 Å². The summed E-state index contributed by atoms with van der Waals surface area (Å²) in [4.78, 5) is 14.3. The molecule has 0 aromatic carbocycles. The minimum atomic E-state index is -0.444. The summed E-state index contributed by atoms with van der Waals surface area (Å²) in [6, 6.07) is 4.06. The highest BCUT2D eigenvalue weighted by molar-refractivity contribution is 5.68. The number of hydrogen-bond donors (Lipinski definition) is 0. The molecule has 1 saturated heterocycles. The number of carbonyl (C=O) groups excluding carboxylic acids is 1. The number of ether oxygens (including phenoxy) is 2. The largest absolute Gasteiger partial charge is 0.467 e. The Balaban J connectivity index is 1.75. The van der Waals surface area contributed by atoms with Crippen molar-refractivity contribution in [2.45, 2.75) is 77.5 Å². The summed E-state index contributed by atoms with van der Waals surface area (Å²) in [6.07, 6.45) is 6.60. The molecule has 0 saturated carbocycles. The van der Waals surface area contributed by atoms with Crippen molar-refractivity contribution in [1.82, 2.24) is 4.90 Å². The molecule has 0 spiro atoms. The number of rotatable bonds is 6. The lowest BCUT2D eigenvalue weighted by Crippen LogP contribution is -2.46. The predicted molar refractivity (Wildman–Crippen MR) is 92.9 cm³/mol. The Morgan fingerprint density at radius 1 is 1.42 bits per heavy atom. The Kier molecular flexibility index (Phi) is 6.72. The molecule has 1 fully saturated rings. The number of amides is 1. The van der Waals surface area contributed by atoms with Gasteiger partial charge in [-0.2, -0.15) is 0 Å². The van der Waals surface area contributed by atoms with E-state index in [4.69, 9.17) is 13.9 Å². The van der Waals surface area contributed by atoms with Gasteiger partial charge in [0.15, 0.2) is 0 Å². The first-order chi connectivity index (χ1) is 11.4. The van der Waals surface area contributed by atoms with Crippen LogP contribution in [0.4, 0.5) is 4.79 Å². The van der Waals surface area contributed by atoms with Gasteiger partial charge in [-0.25, -0.2) is 4.79 Å². The molecule has 2 heterocycles. The minimum absolute atomic E-state index is 0.0340. The maximum absolute atomic E-state index is 12.4. The monoisotopic (exact) mass is 337 g/mol. The number of hydrogen-bond acceptors (Lipinski definition) is 4. The highest BCUT2D eigenvalue weighted by Gasteiger charge is 2.30. The van der Waals surface area contributed by atoms with Crippen molar-refractivity contribution in [3.63, 3.8) is 0 Å². The van der Waals surface area contributed by atoms with Gasteiger partial charge in [0.25, 0.3) is 0 Å². The second kappa shape index (κ2) is 8.56. The van der Waals surface area contributed by atoms with E-state index in [9.17, 15) is 4.79 Å². The van der Waals surface area contributed by atoms with Crippen molar-refractivity contribution in [2.75, 3.05) is 13.2 Å². The molecule has 5 heteroatoms. The van der Waals surface area contributed by atoms with Gasteiger partial charge in [0.2, 0.25) is 0 Å². The molecule has 5 nitrogen and oxygen atoms in total. The van der Waals surface area contributed by atoms with Gasteiger partial charge in [-0.3, -0.25) is 0 Å². The molecule has 136 valence electrons. The van der Waals surface area contributed by atoms with Crippen molar-refractivity contribution >= 4 is 6.09 Å². The van der Waals surface area contributed by atoms with Gasteiger partial charge in [0.1, 0.15) is 17.5 Å². The molecular formula is C19H31NO4. The molecule has 24 heavy (non-hydrogen) atoms. The van der Waals surface area contributed by atoms with Crippen LogP contribution < -0.4 is 0 Å². The molecular weight excluding hydrogens is 306 g/mol. The Bertz CT molecular complexity index is 492. The van der Waals surface area contributed by atoms with E-state index in [2.05, 4.69) is 0 Å². The van der Waals surface area contributed by atoms with E-state index in [1.165, 1.54) is 6.42 Å². The Labute approximate surface area is 145 Å². The molecule has 0 N–H and O–H groups in total. The van der Waals surface area contributed by atoms with E-state index in [0.29, 0.717) is 6.61 Å². The molecule has 0 radical (unpaired) electrons. The Morgan fingerprint density at radius 2 is 2.21 bits per heavy atom. The fraction of sp³-hybridized carbons (Fsp3) is 0.737. The van der Waals surface area contributed by atoms with Gasteiger partial charge in [0.05, 0.1) is 6.26 Å². The van der Waals surface area contributed by atoms with Crippen molar-refractivity contribution in [3.05, 3.63) is 24.2 Å². The van der Waals surface area contributed by atoms with Crippen LogP contribution in [-0.2, 0) is 9.47 Å². The number of piperidine rings is 1. The van der Waals surface area contributed by atoms with Crippen molar-refractivity contribution in [2.24, 2.45) is 0 Å². The van der Waals surface area contributed by atoms with Crippen molar-refractivity contribution in [3.8, 4) is 0 Å². The number of nitrogens with zero attached hydrogens (tertiary/aromatic N) is 1. The SMILES string of the molecule is C[C@H](OCCC[C@@H]1CCCCN1C(=O)OC(C)(C)C)c1ccco1. The first-order valence-corrected chi connectivity index (χ1v) is 9.01. The van der Waals surface area contributed by atoms with Crippen molar-refractivity contribution in [1.29, 1.82) is 0 Å². The minimum Gasteiger partial charge on any atom is -0.467 e. The predicted octanol–water partition coefficient (Wildman–Crippen LogP) is 4.93. The van der Waals surface area contributed by atoms with Crippen LogP contribution in [0.15, 0.2) is 22.8 Å².